The van der Waals surface area contributed by atoms with Crippen molar-refractivity contribution in [1.29, 1.82) is 0 Å². The third kappa shape index (κ3) is 2.53. The number of halogens is 3. The lowest BCUT2D eigenvalue weighted by molar-refractivity contribution is -0.136. The molecule has 0 unspecified atom stereocenters. The van der Waals surface area contributed by atoms with Crippen LogP contribution in [0.4, 0.5) is 8.78 Å². The minimum atomic E-state index is -3.05. The summed E-state index contributed by atoms with van der Waals surface area (Å²) < 4.78 is 24.9. The number of aromatic amines is 1. The molecule has 1 heterocycles. The van der Waals surface area contributed by atoms with Crippen LogP contribution in [0, 0.1) is 0 Å². The van der Waals surface area contributed by atoms with E-state index >= 15 is 0 Å². The van der Waals surface area contributed by atoms with Gasteiger partial charge in [0.2, 0.25) is 0 Å². The van der Waals surface area contributed by atoms with E-state index in [2.05, 4.69) is 0 Å². The summed E-state index contributed by atoms with van der Waals surface area (Å²) in [6.07, 6.45) is -2.77. The van der Waals surface area contributed by atoms with Gasteiger partial charge in [-0.15, -0.1) is 0 Å². The van der Waals surface area contributed by atoms with Gasteiger partial charge in [-0.25, -0.2) is 8.78 Å². The van der Waals surface area contributed by atoms with Crippen molar-refractivity contribution in [3.8, 4) is 0 Å². The Labute approximate surface area is 87.5 Å². The lowest BCUT2D eigenvalue weighted by atomic mass is 10.1. The molecular weight excluding hydrogens is 232 g/mol. The predicted octanol–water partition coefficient (Wildman–Crippen LogP) is 1.59. The van der Waals surface area contributed by atoms with Gasteiger partial charge >= 0.3 is 5.97 Å². The van der Waals surface area contributed by atoms with Crippen molar-refractivity contribution in [2.45, 2.75) is 12.8 Å². The smallest absolute Gasteiger partial charge is 0.307 e. The molecule has 1 aromatic rings. The van der Waals surface area contributed by atoms with E-state index in [1.165, 1.54) is 0 Å². The van der Waals surface area contributed by atoms with Crippen LogP contribution in [-0.2, 0) is 11.2 Å². The number of carbonyl (C=O) groups is 1. The second-order valence-electron chi connectivity index (χ2n) is 2.73. The molecular formula is C8H6ClF2NO3. The second-order valence-corrected chi connectivity index (χ2v) is 3.14. The van der Waals surface area contributed by atoms with Crippen LogP contribution in [0.5, 0.6) is 0 Å². The Balaban J connectivity index is 3.38. The first-order valence-corrected chi connectivity index (χ1v) is 4.21. The van der Waals surface area contributed by atoms with Gasteiger partial charge < -0.3 is 10.1 Å². The molecule has 0 fully saturated rings. The van der Waals surface area contributed by atoms with E-state index in [-0.39, 0.29) is 10.6 Å². The Hall–Kier alpha value is -1.43. The van der Waals surface area contributed by atoms with Gasteiger partial charge in [-0.3, -0.25) is 9.59 Å². The molecule has 1 rings (SSSR count). The maximum atomic E-state index is 12.4. The summed E-state index contributed by atoms with van der Waals surface area (Å²) in [6.45, 7) is 0. The summed E-state index contributed by atoms with van der Waals surface area (Å²) in [6, 6.07) is 0. The lowest BCUT2D eigenvalue weighted by Gasteiger charge is -2.07. The molecule has 0 saturated carbocycles. The fourth-order valence-electron chi connectivity index (χ4n) is 1.12. The summed E-state index contributed by atoms with van der Waals surface area (Å²) in [5.74, 6) is -1.33. The first kappa shape index (κ1) is 11.6. The standard InChI is InChI=1S/C8H6ClF2NO3/c9-4-2-12-8(15)6(7(10)11)3(4)1-5(13)14/h2,7H,1H2,(H,12,15)(H,13,14). The largest absolute Gasteiger partial charge is 0.481 e. The van der Waals surface area contributed by atoms with Gasteiger partial charge in [-0.05, 0) is 5.56 Å². The zero-order valence-electron chi connectivity index (χ0n) is 7.26. The van der Waals surface area contributed by atoms with Crippen molar-refractivity contribution in [3.63, 3.8) is 0 Å². The molecule has 0 aliphatic carbocycles. The average Bonchev–Trinajstić information content (AvgIpc) is 2.10. The Morgan fingerprint density at radius 1 is 1.60 bits per heavy atom. The average molecular weight is 238 g/mol. The summed E-state index contributed by atoms with van der Waals surface area (Å²) in [7, 11) is 0. The number of hydrogen-bond acceptors (Lipinski definition) is 2. The van der Waals surface area contributed by atoms with Crippen molar-refractivity contribution < 1.29 is 18.7 Å². The van der Waals surface area contributed by atoms with E-state index in [1.807, 2.05) is 4.98 Å². The van der Waals surface area contributed by atoms with Crippen LogP contribution in [0.1, 0.15) is 17.6 Å². The molecule has 0 saturated heterocycles. The van der Waals surface area contributed by atoms with Crippen LogP contribution in [0.2, 0.25) is 5.02 Å². The van der Waals surface area contributed by atoms with Crippen LogP contribution in [0.25, 0.3) is 0 Å². The molecule has 0 atom stereocenters. The second kappa shape index (κ2) is 4.39. The van der Waals surface area contributed by atoms with Gasteiger partial charge in [0.1, 0.15) is 0 Å². The summed E-state index contributed by atoms with van der Waals surface area (Å²) in [5, 5.41) is 8.29. The Morgan fingerprint density at radius 3 is 2.67 bits per heavy atom. The van der Waals surface area contributed by atoms with E-state index in [9.17, 15) is 18.4 Å². The highest BCUT2D eigenvalue weighted by Crippen LogP contribution is 2.24. The minimum Gasteiger partial charge on any atom is -0.481 e. The first-order valence-electron chi connectivity index (χ1n) is 3.83. The maximum Gasteiger partial charge on any atom is 0.307 e. The highest BCUT2D eigenvalue weighted by Gasteiger charge is 2.21. The number of carboxylic acids is 1. The molecule has 15 heavy (non-hydrogen) atoms. The number of aliphatic carboxylic acids is 1. The fourth-order valence-corrected chi connectivity index (χ4v) is 1.34. The molecule has 1 aromatic heterocycles. The zero-order chi connectivity index (χ0) is 11.6. The number of H-pyrrole nitrogens is 1. The molecule has 82 valence electrons. The molecule has 0 amide bonds. The molecule has 0 aliphatic rings. The molecule has 0 bridgehead atoms. The molecule has 0 radical (unpaired) electrons. The molecule has 7 heteroatoms. The number of aromatic nitrogens is 1. The molecule has 0 aliphatic heterocycles. The SMILES string of the molecule is O=C(O)Cc1c(Cl)c[nH]c(=O)c1C(F)F. The third-order valence-electron chi connectivity index (χ3n) is 1.73. The molecule has 4 nitrogen and oxygen atoms in total. The predicted molar refractivity (Wildman–Crippen MR) is 48.4 cm³/mol. The van der Waals surface area contributed by atoms with Crippen LogP contribution >= 0.6 is 11.6 Å². The van der Waals surface area contributed by atoms with Crippen LogP contribution in [0.15, 0.2) is 11.0 Å². The number of nitrogens with one attached hydrogen (secondary N) is 1. The van der Waals surface area contributed by atoms with E-state index in [4.69, 9.17) is 16.7 Å². The third-order valence-corrected chi connectivity index (χ3v) is 2.07. The quantitative estimate of drug-likeness (QED) is 0.839. The van der Waals surface area contributed by atoms with Gasteiger partial charge in [0.05, 0.1) is 17.0 Å². The van der Waals surface area contributed by atoms with Crippen molar-refractivity contribution in [2.75, 3.05) is 0 Å². The van der Waals surface area contributed by atoms with Gasteiger partial charge in [-0.1, -0.05) is 11.6 Å². The first-order chi connectivity index (χ1) is 6.93. The van der Waals surface area contributed by atoms with Gasteiger partial charge in [0, 0.05) is 6.20 Å². The minimum absolute atomic E-state index is 0.188. The zero-order valence-corrected chi connectivity index (χ0v) is 8.02. The van der Waals surface area contributed by atoms with Crippen molar-refractivity contribution in [3.05, 3.63) is 32.7 Å². The lowest BCUT2D eigenvalue weighted by Crippen LogP contribution is -2.18. The van der Waals surface area contributed by atoms with Gasteiger partial charge in [-0.2, -0.15) is 0 Å². The van der Waals surface area contributed by atoms with E-state index in [0.717, 1.165) is 6.20 Å². The molecule has 2 N–H and O–H groups in total. The van der Waals surface area contributed by atoms with Crippen molar-refractivity contribution >= 4 is 17.6 Å². The van der Waals surface area contributed by atoms with Crippen LogP contribution < -0.4 is 5.56 Å². The van der Waals surface area contributed by atoms with Gasteiger partial charge in [0.15, 0.2) is 0 Å². The van der Waals surface area contributed by atoms with Crippen LogP contribution in [-0.4, -0.2) is 16.1 Å². The number of pyridine rings is 1. The van der Waals surface area contributed by atoms with E-state index in [1.54, 1.807) is 0 Å². The number of hydrogen-bond donors (Lipinski definition) is 2. The highest BCUT2D eigenvalue weighted by atomic mass is 35.5. The maximum absolute atomic E-state index is 12.4. The number of rotatable bonds is 3. The number of alkyl halides is 2. The Morgan fingerprint density at radius 2 is 2.20 bits per heavy atom. The monoisotopic (exact) mass is 237 g/mol. The van der Waals surface area contributed by atoms with Crippen molar-refractivity contribution in [1.82, 2.24) is 4.98 Å². The Kier molecular flexibility index (Phi) is 3.41. The normalized spacial score (nSPS) is 10.7. The van der Waals surface area contributed by atoms with Crippen LogP contribution in [0.3, 0.4) is 0 Å². The molecule has 0 spiro atoms. The fraction of sp³-hybridized carbons (Fsp3) is 0.250. The summed E-state index contributed by atoms with van der Waals surface area (Å²) in [4.78, 5) is 23.4. The topological polar surface area (TPSA) is 70.2 Å². The van der Waals surface area contributed by atoms with E-state index < -0.39 is 29.9 Å². The summed E-state index contributed by atoms with van der Waals surface area (Å²) in [5.41, 5.74) is -2.25. The summed E-state index contributed by atoms with van der Waals surface area (Å²) >= 11 is 5.52. The highest BCUT2D eigenvalue weighted by molar-refractivity contribution is 6.31. The van der Waals surface area contributed by atoms with Gasteiger partial charge in [0.25, 0.3) is 12.0 Å². The van der Waals surface area contributed by atoms with E-state index in [0.29, 0.717) is 0 Å². The van der Waals surface area contributed by atoms with Crippen molar-refractivity contribution in [2.24, 2.45) is 0 Å². The number of carboxylic acid groups (broad SMARTS) is 1. The molecule has 0 aromatic carbocycles. The Bertz CT molecular complexity index is 444.